The molecule has 1 aliphatic rings. The minimum absolute atomic E-state index is 0.479. The lowest BCUT2D eigenvalue weighted by atomic mass is 10.1. The monoisotopic (exact) mass is 235 g/mol. The zero-order valence-corrected chi connectivity index (χ0v) is 10.3. The molecule has 2 N–H and O–H groups in total. The molecule has 4 heteroatoms. The maximum atomic E-state index is 5.77. The minimum Gasteiger partial charge on any atom is -0.492 e. The molecule has 4 nitrogen and oxygen atoms in total. The lowest BCUT2D eigenvalue weighted by molar-refractivity contribution is 0.182. The van der Waals surface area contributed by atoms with Gasteiger partial charge < -0.3 is 10.5 Å². The van der Waals surface area contributed by atoms with Crippen LogP contribution in [0.5, 0.6) is 5.75 Å². The first kappa shape index (κ1) is 12.3. The van der Waals surface area contributed by atoms with Gasteiger partial charge in [0.15, 0.2) is 0 Å². The number of nitrogens with zero attached hydrogens (tertiary/aromatic N) is 2. The summed E-state index contributed by atoms with van der Waals surface area (Å²) in [6.45, 7) is 4.64. The summed E-state index contributed by atoms with van der Waals surface area (Å²) in [5.41, 5.74) is 6.61. The third-order valence-electron chi connectivity index (χ3n) is 3.19. The number of piperidine rings is 1. The molecule has 0 aromatic carbocycles. The number of rotatable bonds is 5. The number of ether oxygens (including phenoxy) is 1. The smallest absolute Gasteiger partial charge is 0.126 e. The maximum Gasteiger partial charge on any atom is 0.126 e. The zero-order valence-electron chi connectivity index (χ0n) is 10.3. The Morgan fingerprint density at radius 2 is 2.12 bits per heavy atom. The first-order chi connectivity index (χ1) is 8.40. The maximum absolute atomic E-state index is 5.77. The molecule has 0 unspecified atom stereocenters. The number of aromatic nitrogens is 1. The van der Waals surface area contributed by atoms with E-state index in [0.29, 0.717) is 6.54 Å². The summed E-state index contributed by atoms with van der Waals surface area (Å²) in [6, 6.07) is 1.89. The fourth-order valence-electron chi connectivity index (χ4n) is 2.18. The Morgan fingerprint density at radius 1 is 1.29 bits per heavy atom. The lowest BCUT2D eigenvalue weighted by Crippen LogP contribution is -2.33. The lowest BCUT2D eigenvalue weighted by Gasteiger charge is -2.26. The first-order valence-corrected chi connectivity index (χ1v) is 6.38. The van der Waals surface area contributed by atoms with Crippen LogP contribution in [0.2, 0.25) is 0 Å². The summed E-state index contributed by atoms with van der Waals surface area (Å²) in [5.74, 6) is 0.875. The minimum atomic E-state index is 0.479. The molecule has 0 saturated carbocycles. The second-order valence-electron chi connectivity index (χ2n) is 4.44. The van der Waals surface area contributed by atoms with Crippen LogP contribution < -0.4 is 10.5 Å². The highest BCUT2D eigenvalue weighted by molar-refractivity contribution is 5.29. The van der Waals surface area contributed by atoms with Gasteiger partial charge in [-0.3, -0.25) is 9.88 Å². The molecule has 1 aromatic rings. The Labute approximate surface area is 103 Å². The van der Waals surface area contributed by atoms with Crippen LogP contribution in [0.1, 0.15) is 24.8 Å². The van der Waals surface area contributed by atoms with Gasteiger partial charge in [0.2, 0.25) is 0 Å². The van der Waals surface area contributed by atoms with Crippen molar-refractivity contribution >= 4 is 0 Å². The highest BCUT2D eigenvalue weighted by Gasteiger charge is 2.10. The Bertz CT molecular complexity index is 337. The average molecular weight is 235 g/mol. The van der Waals surface area contributed by atoms with E-state index in [1.165, 1.54) is 32.4 Å². The first-order valence-electron chi connectivity index (χ1n) is 6.38. The van der Waals surface area contributed by atoms with Gasteiger partial charge in [0, 0.05) is 31.0 Å². The van der Waals surface area contributed by atoms with Crippen LogP contribution in [0, 0.1) is 0 Å². The van der Waals surface area contributed by atoms with E-state index in [-0.39, 0.29) is 0 Å². The van der Waals surface area contributed by atoms with E-state index in [2.05, 4.69) is 9.88 Å². The van der Waals surface area contributed by atoms with Crippen LogP contribution >= 0.6 is 0 Å². The SMILES string of the molecule is NCc1cnccc1OCCN1CCCCC1. The van der Waals surface area contributed by atoms with Gasteiger partial charge in [-0.1, -0.05) is 6.42 Å². The highest BCUT2D eigenvalue weighted by Crippen LogP contribution is 2.16. The highest BCUT2D eigenvalue weighted by atomic mass is 16.5. The van der Waals surface area contributed by atoms with Gasteiger partial charge in [0.1, 0.15) is 12.4 Å². The van der Waals surface area contributed by atoms with Crippen molar-refractivity contribution in [3.63, 3.8) is 0 Å². The Hall–Kier alpha value is -1.13. The van der Waals surface area contributed by atoms with Crippen molar-refractivity contribution in [2.75, 3.05) is 26.2 Å². The molecular weight excluding hydrogens is 214 g/mol. The van der Waals surface area contributed by atoms with E-state index in [4.69, 9.17) is 10.5 Å². The molecule has 2 heterocycles. The van der Waals surface area contributed by atoms with Gasteiger partial charge >= 0.3 is 0 Å². The van der Waals surface area contributed by atoms with Crippen molar-refractivity contribution in [1.82, 2.24) is 9.88 Å². The van der Waals surface area contributed by atoms with Gasteiger partial charge in [0.25, 0.3) is 0 Å². The molecule has 0 aliphatic carbocycles. The molecule has 0 spiro atoms. The van der Waals surface area contributed by atoms with E-state index < -0.39 is 0 Å². The van der Waals surface area contributed by atoms with Gasteiger partial charge in [-0.15, -0.1) is 0 Å². The topological polar surface area (TPSA) is 51.4 Å². The molecule has 1 saturated heterocycles. The zero-order chi connectivity index (χ0) is 11.9. The molecule has 0 bridgehead atoms. The van der Waals surface area contributed by atoms with Gasteiger partial charge in [-0.05, 0) is 32.0 Å². The molecule has 94 valence electrons. The van der Waals surface area contributed by atoms with E-state index in [0.717, 1.165) is 24.5 Å². The van der Waals surface area contributed by atoms with Crippen LogP contribution in [0.4, 0.5) is 0 Å². The van der Waals surface area contributed by atoms with Crippen LogP contribution in [0.25, 0.3) is 0 Å². The number of hydrogen-bond acceptors (Lipinski definition) is 4. The van der Waals surface area contributed by atoms with E-state index in [1.807, 2.05) is 6.07 Å². The van der Waals surface area contributed by atoms with Crippen LogP contribution in [0.15, 0.2) is 18.5 Å². The molecule has 0 radical (unpaired) electrons. The summed E-state index contributed by atoms with van der Waals surface area (Å²) in [7, 11) is 0. The van der Waals surface area contributed by atoms with Gasteiger partial charge in [-0.2, -0.15) is 0 Å². The Morgan fingerprint density at radius 3 is 2.88 bits per heavy atom. The summed E-state index contributed by atoms with van der Waals surface area (Å²) in [4.78, 5) is 6.51. The van der Waals surface area contributed by atoms with E-state index >= 15 is 0 Å². The molecule has 0 amide bonds. The van der Waals surface area contributed by atoms with Crippen molar-refractivity contribution in [1.29, 1.82) is 0 Å². The quantitative estimate of drug-likeness (QED) is 0.838. The standard InChI is InChI=1S/C13H21N3O/c14-10-12-11-15-5-4-13(12)17-9-8-16-6-2-1-3-7-16/h4-5,11H,1-3,6-10,14H2. The fourth-order valence-corrected chi connectivity index (χ4v) is 2.18. The predicted molar refractivity (Wildman–Crippen MR) is 67.9 cm³/mol. The molecule has 0 atom stereocenters. The summed E-state index contributed by atoms with van der Waals surface area (Å²) < 4.78 is 5.77. The van der Waals surface area contributed by atoms with Gasteiger partial charge in [0.05, 0.1) is 0 Å². The third kappa shape index (κ3) is 3.68. The molecule has 1 fully saturated rings. The van der Waals surface area contributed by atoms with Crippen molar-refractivity contribution in [3.8, 4) is 5.75 Å². The fraction of sp³-hybridized carbons (Fsp3) is 0.615. The Balaban J connectivity index is 1.77. The largest absolute Gasteiger partial charge is 0.492 e. The van der Waals surface area contributed by atoms with Crippen LogP contribution in [0.3, 0.4) is 0 Å². The summed E-state index contributed by atoms with van der Waals surface area (Å²) in [5, 5.41) is 0. The number of pyridine rings is 1. The number of hydrogen-bond donors (Lipinski definition) is 1. The van der Waals surface area contributed by atoms with E-state index in [1.54, 1.807) is 12.4 Å². The normalized spacial score (nSPS) is 17.0. The summed E-state index contributed by atoms with van der Waals surface area (Å²) >= 11 is 0. The molecule has 17 heavy (non-hydrogen) atoms. The van der Waals surface area contributed by atoms with Crippen molar-refractivity contribution in [2.45, 2.75) is 25.8 Å². The molecule has 1 aliphatic heterocycles. The predicted octanol–water partition coefficient (Wildman–Crippen LogP) is 1.40. The van der Waals surface area contributed by atoms with Crippen LogP contribution in [-0.2, 0) is 6.54 Å². The third-order valence-corrected chi connectivity index (χ3v) is 3.19. The van der Waals surface area contributed by atoms with Gasteiger partial charge in [-0.25, -0.2) is 0 Å². The molecular formula is C13H21N3O. The summed E-state index contributed by atoms with van der Waals surface area (Å²) in [6.07, 6.45) is 7.54. The Kier molecular flexibility index (Phi) is 4.76. The molecule has 1 aromatic heterocycles. The molecule has 2 rings (SSSR count). The van der Waals surface area contributed by atoms with Crippen molar-refractivity contribution in [3.05, 3.63) is 24.0 Å². The van der Waals surface area contributed by atoms with Crippen molar-refractivity contribution in [2.24, 2.45) is 5.73 Å². The van der Waals surface area contributed by atoms with Crippen LogP contribution in [-0.4, -0.2) is 36.1 Å². The second kappa shape index (κ2) is 6.57. The van der Waals surface area contributed by atoms with E-state index in [9.17, 15) is 0 Å². The van der Waals surface area contributed by atoms with Crippen molar-refractivity contribution < 1.29 is 4.74 Å². The second-order valence-corrected chi connectivity index (χ2v) is 4.44. The number of likely N-dealkylation sites (tertiary alicyclic amines) is 1. The average Bonchev–Trinajstić information content (AvgIpc) is 2.40. The number of nitrogens with two attached hydrogens (primary N) is 1.